The van der Waals surface area contributed by atoms with Crippen LogP contribution in [0.25, 0.3) is 0 Å². The molecule has 0 bridgehead atoms. The topological polar surface area (TPSA) is 84.0 Å². The fourth-order valence-corrected chi connectivity index (χ4v) is 3.07. The monoisotopic (exact) mass is 396 g/mol. The number of halogens is 1. The molecule has 2 amide bonds. The first kappa shape index (κ1) is 17.6. The lowest BCUT2D eigenvalue weighted by Crippen LogP contribution is -2.17. The zero-order chi connectivity index (χ0) is 16.7. The number of rotatable bonds is 7. The minimum atomic E-state index is -0.242. The van der Waals surface area contributed by atoms with Gasteiger partial charge in [0.1, 0.15) is 5.01 Å². The van der Waals surface area contributed by atoms with Crippen molar-refractivity contribution in [3.8, 4) is 0 Å². The molecule has 1 heterocycles. The maximum atomic E-state index is 11.8. The Hall–Kier alpha value is -1.80. The van der Waals surface area contributed by atoms with Crippen LogP contribution in [0.1, 0.15) is 31.2 Å². The number of hydrogen-bond donors (Lipinski definition) is 2. The van der Waals surface area contributed by atoms with Crippen LogP contribution in [0, 0.1) is 0 Å². The fraction of sp³-hybridized carbons (Fsp3) is 0.333. The van der Waals surface area contributed by atoms with Gasteiger partial charge in [-0.15, -0.1) is 10.2 Å². The van der Waals surface area contributed by atoms with Gasteiger partial charge in [-0.3, -0.25) is 9.59 Å². The second kappa shape index (κ2) is 8.73. The molecule has 0 spiro atoms. The zero-order valence-electron chi connectivity index (χ0n) is 12.6. The first-order valence-corrected chi connectivity index (χ1v) is 8.85. The summed E-state index contributed by atoms with van der Waals surface area (Å²) in [5.41, 5.74) is 0.693. The Balaban J connectivity index is 1.76. The lowest BCUT2D eigenvalue weighted by Gasteiger charge is -2.05. The average Bonchev–Trinajstić information content (AvgIpc) is 2.93. The third kappa shape index (κ3) is 6.07. The predicted molar refractivity (Wildman–Crippen MR) is 94.5 cm³/mol. The number of aromatic nitrogens is 2. The molecule has 0 aliphatic carbocycles. The SMILES string of the molecule is CCCc1nnc(NC(=O)CCC(=O)Nc2cccc(Br)c2)s1. The highest BCUT2D eigenvalue weighted by atomic mass is 79.9. The molecule has 0 fully saturated rings. The number of aryl methyl sites for hydroxylation is 1. The van der Waals surface area contributed by atoms with Crippen LogP contribution < -0.4 is 10.6 Å². The second-order valence-electron chi connectivity index (χ2n) is 4.86. The summed E-state index contributed by atoms with van der Waals surface area (Å²) in [7, 11) is 0. The molecule has 0 radical (unpaired) electrons. The van der Waals surface area contributed by atoms with Gasteiger partial charge < -0.3 is 10.6 Å². The minimum Gasteiger partial charge on any atom is -0.326 e. The summed E-state index contributed by atoms with van der Waals surface area (Å²) in [6.45, 7) is 2.06. The zero-order valence-corrected chi connectivity index (χ0v) is 15.0. The molecule has 1 aromatic heterocycles. The Morgan fingerprint density at radius 3 is 2.61 bits per heavy atom. The van der Waals surface area contributed by atoms with Gasteiger partial charge in [-0.1, -0.05) is 40.3 Å². The smallest absolute Gasteiger partial charge is 0.226 e. The summed E-state index contributed by atoms with van der Waals surface area (Å²) in [6, 6.07) is 7.29. The van der Waals surface area contributed by atoms with E-state index in [1.807, 2.05) is 12.1 Å². The molecular formula is C15H17BrN4O2S. The van der Waals surface area contributed by atoms with Crippen LogP contribution in [-0.2, 0) is 16.0 Å². The van der Waals surface area contributed by atoms with Crippen LogP contribution in [0.2, 0.25) is 0 Å². The quantitative estimate of drug-likeness (QED) is 0.748. The molecular weight excluding hydrogens is 380 g/mol. The molecule has 1 aromatic carbocycles. The molecule has 0 atom stereocenters. The Morgan fingerprint density at radius 1 is 1.17 bits per heavy atom. The van der Waals surface area contributed by atoms with Crippen molar-refractivity contribution < 1.29 is 9.59 Å². The number of amides is 2. The summed E-state index contributed by atoms with van der Waals surface area (Å²) in [4.78, 5) is 23.7. The van der Waals surface area contributed by atoms with Gasteiger partial charge in [-0.05, 0) is 24.6 Å². The van der Waals surface area contributed by atoms with E-state index in [-0.39, 0.29) is 24.7 Å². The molecule has 2 aromatic rings. The van der Waals surface area contributed by atoms with Gasteiger partial charge in [0.05, 0.1) is 0 Å². The fourth-order valence-electron chi connectivity index (χ4n) is 1.82. The molecule has 0 saturated heterocycles. The van der Waals surface area contributed by atoms with Crippen molar-refractivity contribution >= 4 is 49.9 Å². The van der Waals surface area contributed by atoms with Gasteiger partial charge in [0.15, 0.2) is 0 Å². The van der Waals surface area contributed by atoms with Crippen molar-refractivity contribution in [3.63, 3.8) is 0 Å². The van der Waals surface area contributed by atoms with E-state index in [1.54, 1.807) is 12.1 Å². The van der Waals surface area contributed by atoms with Crippen LogP contribution in [0.15, 0.2) is 28.7 Å². The predicted octanol–water partition coefficient (Wildman–Crippen LogP) is 3.61. The highest BCUT2D eigenvalue weighted by molar-refractivity contribution is 9.10. The van der Waals surface area contributed by atoms with Crippen molar-refractivity contribution in [1.29, 1.82) is 0 Å². The lowest BCUT2D eigenvalue weighted by molar-refractivity contribution is -0.121. The summed E-state index contributed by atoms with van der Waals surface area (Å²) < 4.78 is 0.882. The summed E-state index contributed by atoms with van der Waals surface area (Å²) in [6.07, 6.45) is 2.04. The van der Waals surface area contributed by atoms with Crippen LogP contribution in [0.3, 0.4) is 0 Å². The number of carbonyl (C=O) groups excluding carboxylic acids is 2. The van der Waals surface area contributed by atoms with E-state index in [4.69, 9.17) is 0 Å². The van der Waals surface area contributed by atoms with E-state index >= 15 is 0 Å². The van der Waals surface area contributed by atoms with Gasteiger partial charge in [0.2, 0.25) is 16.9 Å². The first-order valence-electron chi connectivity index (χ1n) is 7.24. The molecule has 0 aliphatic heterocycles. The highest BCUT2D eigenvalue weighted by Gasteiger charge is 2.10. The molecule has 122 valence electrons. The largest absolute Gasteiger partial charge is 0.326 e. The summed E-state index contributed by atoms with van der Waals surface area (Å²) >= 11 is 4.70. The Labute approximate surface area is 146 Å². The molecule has 8 heteroatoms. The number of carbonyl (C=O) groups is 2. The maximum absolute atomic E-state index is 11.8. The average molecular weight is 397 g/mol. The number of nitrogens with one attached hydrogen (secondary N) is 2. The Kier molecular flexibility index (Phi) is 6.66. The molecule has 0 saturated carbocycles. The van der Waals surface area contributed by atoms with Gasteiger partial charge in [-0.25, -0.2) is 0 Å². The molecule has 23 heavy (non-hydrogen) atoms. The molecule has 0 unspecified atom stereocenters. The minimum absolute atomic E-state index is 0.0997. The first-order chi connectivity index (χ1) is 11.1. The van der Waals surface area contributed by atoms with Crippen LogP contribution in [0.4, 0.5) is 10.8 Å². The number of benzene rings is 1. The van der Waals surface area contributed by atoms with Gasteiger partial charge >= 0.3 is 0 Å². The third-order valence-electron chi connectivity index (χ3n) is 2.86. The van der Waals surface area contributed by atoms with Crippen LogP contribution in [0.5, 0.6) is 0 Å². The van der Waals surface area contributed by atoms with E-state index in [1.165, 1.54) is 11.3 Å². The van der Waals surface area contributed by atoms with E-state index in [9.17, 15) is 9.59 Å². The number of hydrogen-bond acceptors (Lipinski definition) is 5. The Bertz CT molecular complexity index is 690. The highest BCUT2D eigenvalue weighted by Crippen LogP contribution is 2.17. The Morgan fingerprint density at radius 2 is 1.91 bits per heavy atom. The van der Waals surface area contributed by atoms with E-state index in [0.29, 0.717) is 10.8 Å². The van der Waals surface area contributed by atoms with E-state index in [0.717, 1.165) is 22.3 Å². The van der Waals surface area contributed by atoms with Crippen molar-refractivity contribution in [2.24, 2.45) is 0 Å². The standard InChI is InChI=1S/C15H17BrN4O2S/c1-2-4-14-19-20-15(23-14)18-13(22)8-7-12(21)17-11-6-3-5-10(16)9-11/h3,5-6,9H,2,4,7-8H2,1H3,(H,17,21)(H,18,20,22). The van der Waals surface area contributed by atoms with Crippen molar-refractivity contribution in [2.75, 3.05) is 10.6 Å². The molecule has 6 nitrogen and oxygen atoms in total. The van der Waals surface area contributed by atoms with Gasteiger partial charge in [0, 0.05) is 29.4 Å². The van der Waals surface area contributed by atoms with Crippen molar-refractivity contribution in [3.05, 3.63) is 33.7 Å². The molecule has 0 aliphatic rings. The molecule has 2 rings (SSSR count). The summed E-state index contributed by atoms with van der Waals surface area (Å²) in [5.74, 6) is -0.448. The van der Waals surface area contributed by atoms with E-state index in [2.05, 4.69) is 43.7 Å². The maximum Gasteiger partial charge on any atom is 0.226 e. The second-order valence-corrected chi connectivity index (χ2v) is 6.84. The lowest BCUT2D eigenvalue weighted by atomic mass is 10.2. The molecule has 2 N–H and O–H groups in total. The number of anilines is 2. The van der Waals surface area contributed by atoms with Crippen LogP contribution >= 0.6 is 27.3 Å². The third-order valence-corrected chi connectivity index (χ3v) is 4.26. The van der Waals surface area contributed by atoms with Gasteiger partial charge in [0.25, 0.3) is 0 Å². The van der Waals surface area contributed by atoms with Crippen molar-refractivity contribution in [1.82, 2.24) is 10.2 Å². The van der Waals surface area contributed by atoms with E-state index < -0.39 is 0 Å². The van der Waals surface area contributed by atoms with Crippen LogP contribution in [-0.4, -0.2) is 22.0 Å². The number of nitrogens with zero attached hydrogens (tertiary/aromatic N) is 2. The van der Waals surface area contributed by atoms with Crippen molar-refractivity contribution in [2.45, 2.75) is 32.6 Å². The van der Waals surface area contributed by atoms with Gasteiger partial charge in [-0.2, -0.15) is 0 Å². The summed E-state index contributed by atoms with van der Waals surface area (Å²) in [5, 5.41) is 14.7. The normalized spacial score (nSPS) is 10.3.